The second-order valence-corrected chi connectivity index (χ2v) is 9.18. The Kier molecular flexibility index (Phi) is 5.69. The molecule has 4 rings (SSSR count). The molecule has 0 amide bonds. The molecule has 33 heavy (non-hydrogen) atoms. The summed E-state index contributed by atoms with van der Waals surface area (Å²) in [5, 5.41) is 2.92. The standard InChI is InChI=1S/C25H28N4O4/c1-25(2,3)22-8-14-7-17(15-11-27-24(26-4)28-12-15)21(32-5)9-16(14)19-10-20(30)18(13-29(19)22)23(31)33-6/h7,9-13,22H,8H2,1-6H3,(H,26,27,28). The number of anilines is 1. The minimum atomic E-state index is -0.633. The molecule has 0 radical (unpaired) electrons. The van der Waals surface area contributed by atoms with Crippen LogP contribution in [0.4, 0.5) is 5.95 Å². The topological polar surface area (TPSA) is 95.3 Å². The number of benzene rings is 1. The van der Waals surface area contributed by atoms with E-state index in [2.05, 4.69) is 42.1 Å². The maximum atomic E-state index is 12.8. The van der Waals surface area contributed by atoms with Gasteiger partial charge in [-0.05, 0) is 29.5 Å². The summed E-state index contributed by atoms with van der Waals surface area (Å²) in [5.41, 5.74) is 3.99. The van der Waals surface area contributed by atoms with Crippen molar-refractivity contribution in [2.24, 2.45) is 5.41 Å². The first-order valence-corrected chi connectivity index (χ1v) is 10.7. The number of carbonyl (C=O) groups is 1. The molecule has 8 nitrogen and oxygen atoms in total. The largest absolute Gasteiger partial charge is 0.496 e. The van der Waals surface area contributed by atoms with E-state index in [-0.39, 0.29) is 22.4 Å². The Hall–Kier alpha value is -3.68. The number of ether oxygens (including phenoxy) is 2. The number of aromatic nitrogens is 3. The first kappa shape index (κ1) is 22.5. The number of hydrogen-bond acceptors (Lipinski definition) is 7. The number of pyridine rings is 1. The second-order valence-electron chi connectivity index (χ2n) is 9.18. The van der Waals surface area contributed by atoms with Crippen LogP contribution in [0.25, 0.3) is 22.4 Å². The lowest BCUT2D eigenvalue weighted by molar-refractivity contribution is 0.0597. The lowest BCUT2D eigenvalue weighted by Gasteiger charge is -2.39. The van der Waals surface area contributed by atoms with Crippen molar-refractivity contribution >= 4 is 11.9 Å². The van der Waals surface area contributed by atoms with Gasteiger partial charge in [0.2, 0.25) is 5.95 Å². The van der Waals surface area contributed by atoms with Crippen LogP contribution in [0.1, 0.15) is 42.7 Å². The van der Waals surface area contributed by atoms with Gasteiger partial charge in [-0.25, -0.2) is 14.8 Å². The zero-order valence-corrected chi connectivity index (χ0v) is 19.7. The summed E-state index contributed by atoms with van der Waals surface area (Å²) in [6, 6.07) is 5.58. The van der Waals surface area contributed by atoms with Gasteiger partial charge in [-0.15, -0.1) is 0 Å². The summed E-state index contributed by atoms with van der Waals surface area (Å²) in [6.07, 6.45) is 5.87. The van der Waals surface area contributed by atoms with Crippen molar-refractivity contribution < 1.29 is 14.3 Å². The minimum absolute atomic E-state index is 0.0215. The van der Waals surface area contributed by atoms with Crippen LogP contribution in [0.2, 0.25) is 0 Å². The zero-order valence-electron chi connectivity index (χ0n) is 19.7. The molecule has 172 valence electrons. The molecular formula is C25H28N4O4. The fourth-order valence-corrected chi connectivity index (χ4v) is 4.34. The fourth-order valence-electron chi connectivity index (χ4n) is 4.34. The van der Waals surface area contributed by atoms with Gasteiger partial charge in [-0.1, -0.05) is 20.8 Å². The summed E-state index contributed by atoms with van der Waals surface area (Å²) in [5.74, 6) is 0.560. The molecule has 1 aromatic carbocycles. The average Bonchev–Trinajstić information content (AvgIpc) is 2.81. The monoisotopic (exact) mass is 448 g/mol. The molecule has 1 atom stereocenters. The third-order valence-electron chi connectivity index (χ3n) is 6.12. The lowest BCUT2D eigenvalue weighted by Crippen LogP contribution is -2.33. The van der Waals surface area contributed by atoms with Gasteiger partial charge in [0.15, 0.2) is 5.43 Å². The number of carbonyl (C=O) groups excluding carboxylic acids is 1. The van der Waals surface area contributed by atoms with Crippen molar-refractivity contribution in [3.05, 3.63) is 58.1 Å². The molecule has 3 heterocycles. The van der Waals surface area contributed by atoms with E-state index in [9.17, 15) is 9.59 Å². The van der Waals surface area contributed by atoms with Crippen molar-refractivity contribution in [1.82, 2.24) is 14.5 Å². The van der Waals surface area contributed by atoms with Crippen molar-refractivity contribution in [3.63, 3.8) is 0 Å². The summed E-state index contributed by atoms with van der Waals surface area (Å²) < 4.78 is 12.6. The van der Waals surface area contributed by atoms with E-state index in [0.29, 0.717) is 11.7 Å². The number of esters is 1. The number of hydrogen-bond donors (Lipinski definition) is 1. The zero-order chi connectivity index (χ0) is 23.9. The Balaban J connectivity index is 1.95. The van der Waals surface area contributed by atoms with Crippen LogP contribution < -0.4 is 15.5 Å². The van der Waals surface area contributed by atoms with Crippen LogP contribution in [0.3, 0.4) is 0 Å². The summed E-state index contributed by atoms with van der Waals surface area (Å²) >= 11 is 0. The Bertz CT molecular complexity index is 1270. The van der Waals surface area contributed by atoms with E-state index in [1.165, 1.54) is 13.2 Å². The SMILES string of the molecule is CNc1ncc(-c2cc3c(cc2OC)-c2cc(=O)c(C(=O)OC)cn2C(C(C)(C)C)C3)cn1. The molecule has 1 aliphatic rings. The van der Waals surface area contributed by atoms with Crippen molar-refractivity contribution in [1.29, 1.82) is 0 Å². The normalized spacial score (nSPS) is 14.8. The van der Waals surface area contributed by atoms with Crippen LogP contribution in [-0.2, 0) is 11.2 Å². The van der Waals surface area contributed by atoms with Crippen LogP contribution in [0.15, 0.2) is 41.6 Å². The maximum Gasteiger partial charge on any atom is 0.343 e. The molecule has 0 bridgehead atoms. The molecule has 0 saturated heterocycles. The summed E-state index contributed by atoms with van der Waals surface area (Å²) in [7, 11) is 4.66. The third-order valence-corrected chi connectivity index (χ3v) is 6.12. The maximum absolute atomic E-state index is 12.8. The summed E-state index contributed by atoms with van der Waals surface area (Å²) in [4.78, 5) is 33.7. The number of nitrogens with one attached hydrogen (secondary N) is 1. The van der Waals surface area contributed by atoms with E-state index < -0.39 is 5.97 Å². The molecular weight excluding hydrogens is 420 g/mol. The van der Waals surface area contributed by atoms with E-state index in [4.69, 9.17) is 9.47 Å². The first-order valence-electron chi connectivity index (χ1n) is 10.7. The van der Waals surface area contributed by atoms with E-state index in [1.54, 1.807) is 32.7 Å². The van der Waals surface area contributed by atoms with Crippen molar-refractivity contribution in [2.45, 2.75) is 33.2 Å². The molecule has 0 spiro atoms. The number of rotatable bonds is 4. The number of fused-ring (bicyclic) bond motifs is 3. The molecule has 8 heteroatoms. The quantitative estimate of drug-likeness (QED) is 0.604. The van der Waals surface area contributed by atoms with Gasteiger partial charge in [0.1, 0.15) is 11.3 Å². The van der Waals surface area contributed by atoms with Crippen molar-refractivity contribution in [2.75, 3.05) is 26.6 Å². The van der Waals surface area contributed by atoms with E-state index in [0.717, 1.165) is 34.4 Å². The number of nitrogens with zero attached hydrogens (tertiary/aromatic N) is 3. The van der Waals surface area contributed by atoms with Crippen LogP contribution >= 0.6 is 0 Å². The van der Waals surface area contributed by atoms with Gasteiger partial charge in [0.05, 0.1) is 19.9 Å². The number of methoxy groups -OCH3 is 2. The van der Waals surface area contributed by atoms with Gasteiger partial charge in [0.25, 0.3) is 0 Å². The fraction of sp³-hybridized carbons (Fsp3) is 0.360. The van der Waals surface area contributed by atoms with Gasteiger partial charge in [-0.3, -0.25) is 4.79 Å². The van der Waals surface area contributed by atoms with Gasteiger partial charge < -0.3 is 19.4 Å². The molecule has 0 saturated carbocycles. The molecule has 2 aromatic heterocycles. The van der Waals surface area contributed by atoms with Crippen LogP contribution in [0, 0.1) is 5.41 Å². The molecule has 1 aliphatic heterocycles. The molecule has 3 aromatic rings. The Morgan fingerprint density at radius 3 is 2.39 bits per heavy atom. The highest BCUT2D eigenvalue weighted by atomic mass is 16.5. The Morgan fingerprint density at radius 1 is 1.12 bits per heavy atom. The van der Waals surface area contributed by atoms with Crippen LogP contribution in [0.5, 0.6) is 5.75 Å². The van der Waals surface area contributed by atoms with Gasteiger partial charge in [-0.2, -0.15) is 0 Å². The van der Waals surface area contributed by atoms with Crippen molar-refractivity contribution in [3.8, 4) is 28.1 Å². The molecule has 0 aliphatic carbocycles. The van der Waals surface area contributed by atoms with Gasteiger partial charge >= 0.3 is 5.97 Å². The lowest BCUT2D eigenvalue weighted by atomic mass is 9.78. The molecule has 1 N–H and O–H groups in total. The van der Waals surface area contributed by atoms with Gasteiger partial charge in [0, 0.05) is 54.4 Å². The summed E-state index contributed by atoms with van der Waals surface area (Å²) in [6.45, 7) is 6.45. The van der Waals surface area contributed by atoms with Crippen LogP contribution in [-0.4, -0.2) is 41.8 Å². The smallest absolute Gasteiger partial charge is 0.343 e. The third kappa shape index (κ3) is 3.97. The second kappa shape index (κ2) is 8.35. The highest BCUT2D eigenvalue weighted by molar-refractivity contribution is 5.89. The van der Waals surface area contributed by atoms with E-state index >= 15 is 0 Å². The minimum Gasteiger partial charge on any atom is -0.496 e. The predicted molar refractivity (Wildman–Crippen MR) is 127 cm³/mol. The highest BCUT2D eigenvalue weighted by Gasteiger charge is 2.34. The Morgan fingerprint density at radius 2 is 1.82 bits per heavy atom. The predicted octanol–water partition coefficient (Wildman–Crippen LogP) is 3.95. The first-order chi connectivity index (χ1) is 15.7. The average molecular weight is 449 g/mol. The Labute approximate surface area is 192 Å². The highest BCUT2D eigenvalue weighted by Crippen LogP contribution is 2.45. The van der Waals surface area contributed by atoms with E-state index in [1.807, 2.05) is 10.6 Å². The molecule has 1 unspecified atom stereocenters. The molecule has 0 fully saturated rings.